The lowest BCUT2D eigenvalue weighted by Crippen LogP contribution is -2.47. The minimum atomic E-state index is -4.65. The fraction of sp³-hybridized carbons (Fsp3) is 0.389. The third kappa shape index (κ3) is 3.74. The molecule has 1 unspecified atom stereocenters. The van der Waals surface area contributed by atoms with Crippen LogP contribution in [0.3, 0.4) is 0 Å². The molecule has 4 rings (SSSR count). The molecule has 0 bridgehead atoms. The first-order valence-corrected chi connectivity index (χ1v) is 8.97. The van der Waals surface area contributed by atoms with Gasteiger partial charge in [-0.15, -0.1) is 15.3 Å². The molecule has 0 spiro atoms. The minimum Gasteiger partial charge on any atom is -0.353 e. The summed E-state index contributed by atoms with van der Waals surface area (Å²) in [6, 6.07) is 6.29. The topological polar surface area (TPSA) is 49.6 Å². The Bertz CT molecular complexity index is 1030. The van der Waals surface area contributed by atoms with Crippen LogP contribution < -0.4 is 4.90 Å². The monoisotopic (exact) mass is 412 g/mol. The van der Waals surface area contributed by atoms with Crippen molar-refractivity contribution >= 4 is 11.5 Å². The van der Waals surface area contributed by atoms with Crippen molar-refractivity contribution in [2.24, 2.45) is 0 Å². The molecule has 154 valence electrons. The fourth-order valence-electron chi connectivity index (χ4n) is 3.50. The molecule has 1 atom stereocenters. The molecule has 1 aliphatic rings. The van der Waals surface area contributed by atoms with E-state index in [9.17, 15) is 22.0 Å². The summed E-state index contributed by atoms with van der Waals surface area (Å²) in [7, 11) is 0. The maximum absolute atomic E-state index is 14.1. The first-order valence-electron chi connectivity index (χ1n) is 8.97. The van der Waals surface area contributed by atoms with Gasteiger partial charge < -0.3 is 4.90 Å². The van der Waals surface area contributed by atoms with Crippen molar-refractivity contribution < 1.29 is 22.0 Å². The van der Waals surface area contributed by atoms with Crippen LogP contribution in [0.15, 0.2) is 30.3 Å². The van der Waals surface area contributed by atoms with Crippen molar-refractivity contribution in [2.45, 2.75) is 19.1 Å². The number of piperazine rings is 1. The molecule has 0 saturated carbocycles. The Morgan fingerprint density at radius 3 is 2.34 bits per heavy atom. The van der Waals surface area contributed by atoms with Gasteiger partial charge in [0.2, 0.25) is 0 Å². The molecule has 0 aliphatic carbocycles. The van der Waals surface area contributed by atoms with Crippen molar-refractivity contribution in [3.63, 3.8) is 0 Å². The Kier molecular flexibility index (Phi) is 4.85. The summed E-state index contributed by atoms with van der Waals surface area (Å²) >= 11 is 0. The van der Waals surface area contributed by atoms with Gasteiger partial charge in [-0.3, -0.25) is 4.90 Å². The number of aromatic nitrogens is 4. The predicted molar refractivity (Wildman–Crippen MR) is 94.3 cm³/mol. The molecule has 6 nitrogen and oxygen atoms in total. The van der Waals surface area contributed by atoms with Crippen molar-refractivity contribution in [1.82, 2.24) is 24.7 Å². The summed E-state index contributed by atoms with van der Waals surface area (Å²) in [5.41, 5.74) is 0.416. The lowest BCUT2D eigenvalue weighted by Gasteiger charge is -2.38. The SMILES string of the molecule is CC(c1ccc(F)cc1F)N1CCN(c2ccc3nnc(C(F)(F)F)n3n2)CC1. The summed E-state index contributed by atoms with van der Waals surface area (Å²) in [6.45, 7) is 3.92. The molecule has 11 heteroatoms. The van der Waals surface area contributed by atoms with Gasteiger partial charge in [-0.1, -0.05) is 6.07 Å². The molecule has 0 amide bonds. The Labute approximate surface area is 162 Å². The molecule has 3 aromatic rings. The normalized spacial score (nSPS) is 17.1. The summed E-state index contributed by atoms with van der Waals surface area (Å²) in [4.78, 5) is 3.88. The van der Waals surface area contributed by atoms with Gasteiger partial charge in [0, 0.05) is 43.9 Å². The van der Waals surface area contributed by atoms with E-state index in [1.54, 1.807) is 6.07 Å². The van der Waals surface area contributed by atoms with Crippen molar-refractivity contribution in [3.05, 3.63) is 53.4 Å². The zero-order valence-corrected chi connectivity index (χ0v) is 15.4. The zero-order chi connectivity index (χ0) is 20.8. The van der Waals surface area contributed by atoms with Crippen LogP contribution in [0, 0.1) is 11.6 Å². The predicted octanol–water partition coefficient (Wildman–Crippen LogP) is 3.30. The summed E-state index contributed by atoms with van der Waals surface area (Å²) < 4.78 is 67.0. The van der Waals surface area contributed by atoms with E-state index in [4.69, 9.17) is 0 Å². The zero-order valence-electron chi connectivity index (χ0n) is 15.4. The number of benzene rings is 1. The van der Waals surface area contributed by atoms with Gasteiger partial charge in [-0.25, -0.2) is 8.78 Å². The molecule has 1 aromatic carbocycles. The molecular weight excluding hydrogens is 395 g/mol. The van der Waals surface area contributed by atoms with Gasteiger partial charge in [0.1, 0.15) is 17.5 Å². The standard InChI is InChI=1S/C18H17F5N6/c1-11(13-3-2-12(19)10-14(13)20)27-6-8-28(9-7-27)16-5-4-15-24-25-17(18(21,22)23)29(15)26-16/h2-5,10-11H,6-9H2,1H3. The Hall–Kier alpha value is -2.82. The van der Waals surface area contributed by atoms with Gasteiger partial charge in [0.15, 0.2) is 5.65 Å². The average molecular weight is 412 g/mol. The number of hydrogen-bond donors (Lipinski definition) is 0. The quantitative estimate of drug-likeness (QED) is 0.618. The van der Waals surface area contributed by atoms with E-state index in [1.165, 1.54) is 18.2 Å². The fourth-order valence-corrected chi connectivity index (χ4v) is 3.50. The number of halogens is 5. The maximum atomic E-state index is 14.1. The Balaban J connectivity index is 1.49. The molecule has 3 heterocycles. The van der Waals surface area contributed by atoms with Crippen LogP contribution in [-0.2, 0) is 6.18 Å². The van der Waals surface area contributed by atoms with E-state index in [1.807, 2.05) is 16.7 Å². The summed E-state index contributed by atoms with van der Waals surface area (Å²) in [5, 5.41) is 10.7. The van der Waals surface area contributed by atoms with Crippen molar-refractivity contribution in [2.75, 3.05) is 31.1 Å². The third-order valence-corrected chi connectivity index (χ3v) is 5.10. The van der Waals surface area contributed by atoms with E-state index in [0.29, 0.717) is 42.1 Å². The number of nitrogens with zero attached hydrogens (tertiary/aromatic N) is 6. The highest BCUT2D eigenvalue weighted by molar-refractivity contribution is 5.46. The number of anilines is 1. The number of hydrogen-bond acceptors (Lipinski definition) is 5. The Morgan fingerprint density at radius 2 is 1.69 bits per heavy atom. The van der Waals surface area contributed by atoms with Crippen LogP contribution in [0.5, 0.6) is 0 Å². The molecule has 0 N–H and O–H groups in total. The molecule has 29 heavy (non-hydrogen) atoms. The van der Waals surface area contributed by atoms with Gasteiger partial charge in [-0.2, -0.15) is 17.7 Å². The lowest BCUT2D eigenvalue weighted by atomic mass is 10.1. The molecule has 1 aliphatic heterocycles. The van der Waals surface area contributed by atoms with E-state index >= 15 is 0 Å². The van der Waals surface area contributed by atoms with E-state index < -0.39 is 23.6 Å². The van der Waals surface area contributed by atoms with Gasteiger partial charge in [-0.05, 0) is 25.1 Å². The second-order valence-corrected chi connectivity index (χ2v) is 6.85. The average Bonchev–Trinajstić information content (AvgIpc) is 3.11. The smallest absolute Gasteiger partial charge is 0.353 e. The largest absolute Gasteiger partial charge is 0.453 e. The van der Waals surface area contributed by atoms with Crippen molar-refractivity contribution in [3.8, 4) is 0 Å². The summed E-state index contributed by atoms with van der Waals surface area (Å²) in [6.07, 6.45) is -4.65. The first-order chi connectivity index (χ1) is 13.7. The molecule has 0 radical (unpaired) electrons. The van der Waals surface area contributed by atoms with Crippen molar-refractivity contribution in [1.29, 1.82) is 0 Å². The third-order valence-electron chi connectivity index (χ3n) is 5.10. The number of rotatable bonds is 3. The highest BCUT2D eigenvalue weighted by Gasteiger charge is 2.38. The lowest BCUT2D eigenvalue weighted by molar-refractivity contribution is -0.146. The van der Waals surface area contributed by atoms with E-state index in [-0.39, 0.29) is 11.7 Å². The number of fused-ring (bicyclic) bond motifs is 1. The first kappa shape index (κ1) is 19.5. The molecular formula is C18H17F5N6. The highest BCUT2D eigenvalue weighted by Crippen LogP contribution is 2.29. The van der Waals surface area contributed by atoms with E-state index in [2.05, 4.69) is 15.3 Å². The second kappa shape index (κ2) is 7.21. The van der Waals surface area contributed by atoms with E-state index in [0.717, 1.165) is 6.07 Å². The van der Waals surface area contributed by atoms with Crippen LogP contribution in [0.2, 0.25) is 0 Å². The molecule has 1 fully saturated rings. The molecule has 1 saturated heterocycles. The Morgan fingerprint density at radius 1 is 0.966 bits per heavy atom. The second-order valence-electron chi connectivity index (χ2n) is 6.85. The summed E-state index contributed by atoms with van der Waals surface area (Å²) in [5.74, 6) is -2.02. The van der Waals surface area contributed by atoms with Gasteiger partial charge >= 0.3 is 6.18 Å². The van der Waals surface area contributed by atoms with Crippen LogP contribution >= 0.6 is 0 Å². The number of alkyl halides is 3. The van der Waals surface area contributed by atoms with Crippen LogP contribution in [-0.4, -0.2) is 50.9 Å². The van der Waals surface area contributed by atoms with Crippen LogP contribution in [0.25, 0.3) is 5.65 Å². The minimum absolute atomic E-state index is 0.0140. The molecule has 2 aromatic heterocycles. The highest BCUT2D eigenvalue weighted by atomic mass is 19.4. The van der Waals surface area contributed by atoms with Gasteiger partial charge in [0.05, 0.1) is 0 Å². The maximum Gasteiger partial charge on any atom is 0.453 e. The van der Waals surface area contributed by atoms with Crippen LogP contribution in [0.4, 0.5) is 27.8 Å². The van der Waals surface area contributed by atoms with Crippen LogP contribution in [0.1, 0.15) is 24.4 Å². The van der Waals surface area contributed by atoms with Gasteiger partial charge in [0.25, 0.3) is 5.82 Å².